The first-order valence-corrected chi connectivity index (χ1v) is 7.98. The summed E-state index contributed by atoms with van der Waals surface area (Å²) in [6, 6.07) is 15.3. The van der Waals surface area contributed by atoms with Crippen molar-refractivity contribution in [1.82, 2.24) is 9.88 Å². The number of anilines is 1. The minimum absolute atomic E-state index is 0.0943. The number of halogens is 1. The van der Waals surface area contributed by atoms with Gasteiger partial charge in [-0.2, -0.15) is 0 Å². The Morgan fingerprint density at radius 2 is 2.04 bits per heavy atom. The molecule has 0 saturated heterocycles. The first-order chi connectivity index (χ1) is 11.2. The van der Waals surface area contributed by atoms with E-state index in [1.54, 1.807) is 12.1 Å². The number of nitrogens with one attached hydrogen (secondary N) is 2. The van der Waals surface area contributed by atoms with E-state index in [2.05, 4.69) is 22.4 Å². The van der Waals surface area contributed by atoms with E-state index in [-0.39, 0.29) is 6.03 Å². The van der Waals surface area contributed by atoms with Gasteiger partial charge in [-0.15, -0.1) is 0 Å². The molecule has 23 heavy (non-hydrogen) atoms. The standard InChI is InChI=1S/C18H16ClN3O/c19-12-4-3-5-13(10-12)20-18(23)22-9-8-17-15(11-22)14-6-1-2-7-16(14)21-17/h1-7,10,21H,8-9,11H2,(H,20,23). The summed E-state index contributed by atoms with van der Waals surface area (Å²) < 4.78 is 0. The maximum atomic E-state index is 12.5. The summed E-state index contributed by atoms with van der Waals surface area (Å²) in [5.74, 6) is 0. The Balaban J connectivity index is 1.56. The number of aromatic amines is 1. The number of H-pyrrole nitrogens is 1. The topological polar surface area (TPSA) is 48.1 Å². The number of amides is 2. The first kappa shape index (κ1) is 14.2. The summed E-state index contributed by atoms with van der Waals surface area (Å²) >= 11 is 5.96. The molecule has 0 spiro atoms. The van der Waals surface area contributed by atoms with Gasteiger partial charge in [-0.25, -0.2) is 4.79 Å². The molecule has 2 N–H and O–H groups in total. The number of carbonyl (C=O) groups is 1. The Bertz CT molecular complexity index is 887. The zero-order valence-electron chi connectivity index (χ0n) is 12.5. The quantitative estimate of drug-likeness (QED) is 0.684. The van der Waals surface area contributed by atoms with Gasteiger partial charge in [0.15, 0.2) is 0 Å². The molecule has 1 aliphatic heterocycles. The number of hydrogen-bond acceptors (Lipinski definition) is 1. The van der Waals surface area contributed by atoms with Crippen LogP contribution in [0.1, 0.15) is 11.3 Å². The zero-order chi connectivity index (χ0) is 15.8. The second kappa shape index (κ2) is 5.63. The van der Waals surface area contributed by atoms with E-state index in [0.717, 1.165) is 11.9 Å². The number of carbonyl (C=O) groups excluding carboxylic acids is 1. The Kier molecular flexibility index (Phi) is 3.46. The number of rotatable bonds is 1. The largest absolute Gasteiger partial charge is 0.358 e. The molecule has 116 valence electrons. The molecule has 1 aromatic heterocycles. The van der Waals surface area contributed by atoms with Crippen molar-refractivity contribution in [2.45, 2.75) is 13.0 Å². The molecule has 0 fully saturated rings. The van der Waals surface area contributed by atoms with Crippen LogP contribution in [-0.2, 0) is 13.0 Å². The fraction of sp³-hybridized carbons (Fsp3) is 0.167. The lowest BCUT2D eigenvalue weighted by molar-refractivity contribution is 0.206. The van der Waals surface area contributed by atoms with Crippen molar-refractivity contribution < 1.29 is 4.79 Å². The SMILES string of the molecule is O=C(Nc1cccc(Cl)c1)N1CCc2[nH]c3ccccc3c2C1. The lowest BCUT2D eigenvalue weighted by Crippen LogP contribution is -2.38. The normalized spacial score (nSPS) is 13.9. The van der Waals surface area contributed by atoms with E-state index >= 15 is 0 Å². The molecule has 2 aromatic carbocycles. The number of fused-ring (bicyclic) bond motifs is 3. The Labute approximate surface area is 139 Å². The zero-order valence-corrected chi connectivity index (χ0v) is 13.2. The van der Waals surface area contributed by atoms with Crippen molar-refractivity contribution in [1.29, 1.82) is 0 Å². The van der Waals surface area contributed by atoms with Crippen LogP contribution in [0.5, 0.6) is 0 Å². The van der Waals surface area contributed by atoms with Gasteiger partial charge in [0.25, 0.3) is 0 Å². The highest BCUT2D eigenvalue weighted by atomic mass is 35.5. The molecule has 1 aliphatic rings. The number of nitrogens with zero attached hydrogens (tertiary/aromatic N) is 1. The van der Waals surface area contributed by atoms with Gasteiger partial charge in [-0.3, -0.25) is 0 Å². The van der Waals surface area contributed by atoms with Gasteiger partial charge in [0, 0.05) is 52.4 Å². The first-order valence-electron chi connectivity index (χ1n) is 7.60. The van der Waals surface area contributed by atoms with Crippen LogP contribution < -0.4 is 5.32 Å². The van der Waals surface area contributed by atoms with E-state index in [1.165, 1.54) is 16.6 Å². The third kappa shape index (κ3) is 2.66. The minimum atomic E-state index is -0.0943. The smallest absolute Gasteiger partial charge is 0.322 e. The summed E-state index contributed by atoms with van der Waals surface area (Å²) in [5.41, 5.74) is 4.30. The lowest BCUT2D eigenvalue weighted by atomic mass is 10.0. The van der Waals surface area contributed by atoms with Gasteiger partial charge in [0.1, 0.15) is 0 Å². The molecule has 0 unspecified atom stereocenters. The molecule has 0 saturated carbocycles. The third-order valence-corrected chi connectivity index (χ3v) is 4.48. The van der Waals surface area contributed by atoms with Crippen molar-refractivity contribution in [2.75, 3.05) is 11.9 Å². The molecule has 4 nitrogen and oxygen atoms in total. The van der Waals surface area contributed by atoms with Crippen LogP contribution >= 0.6 is 11.6 Å². The lowest BCUT2D eigenvalue weighted by Gasteiger charge is -2.27. The maximum Gasteiger partial charge on any atom is 0.322 e. The molecule has 2 heterocycles. The summed E-state index contributed by atoms with van der Waals surface area (Å²) in [4.78, 5) is 17.8. The van der Waals surface area contributed by atoms with E-state index in [0.29, 0.717) is 23.8 Å². The van der Waals surface area contributed by atoms with Gasteiger partial charge in [0.2, 0.25) is 0 Å². The van der Waals surface area contributed by atoms with Crippen LogP contribution in [0.15, 0.2) is 48.5 Å². The fourth-order valence-electron chi connectivity index (χ4n) is 3.11. The molecule has 5 heteroatoms. The monoisotopic (exact) mass is 325 g/mol. The van der Waals surface area contributed by atoms with Crippen LogP contribution in [0.25, 0.3) is 10.9 Å². The fourth-order valence-corrected chi connectivity index (χ4v) is 3.30. The van der Waals surface area contributed by atoms with E-state index in [4.69, 9.17) is 11.6 Å². The molecule has 0 radical (unpaired) electrons. The predicted molar refractivity (Wildman–Crippen MR) is 92.9 cm³/mol. The van der Waals surface area contributed by atoms with Gasteiger partial charge in [0.05, 0.1) is 0 Å². The summed E-state index contributed by atoms with van der Waals surface area (Å²) in [6.45, 7) is 1.32. The molecule has 4 rings (SSSR count). The van der Waals surface area contributed by atoms with Crippen LogP contribution in [0.3, 0.4) is 0 Å². The number of para-hydroxylation sites is 1. The Morgan fingerprint density at radius 1 is 1.17 bits per heavy atom. The molecule has 0 aliphatic carbocycles. The molecule has 3 aromatic rings. The predicted octanol–water partition coefficient (Wildman–Crippen LogP) is 4.41. The van der Waals surface area contributed by atoms with Gasteiger partial charge in [-0.1, -0.05) is 35.9 Å². The average molecular weight is 326 g/mol. The van der Waals surface area contributed by atoms with Gasteiger partial charge in [-0.05, 0) is 24.3 Å². The van der Waals surface area contributed by atoms with E-state index in [9.17, 15) is 4.79 Å². The number of aromatic nitrogens is 1. The van der Waals surface area contributed by atoms with Crippen LogP contribution in [0, 0.1) is 0 Å². The second-order valence-corrected chi connectivity index (χ2v) is 6.18. The average Bonchev–Trinajstić information content (AvgIpc) is 2.92. The van der Waals surface area contributed by atoms with Crippen molar-refractivity contribution in [2.24, 2.45) is 0 Å². The summed E-state index contributed by atoms with van der Waals surface area (Å²) in [5, 5.41) is 4.72. The van der Waals surface area contributed by atoms with E-state index < -0.39 is 0 Å². The van der Waals surface area contributed by atoms with Crippen molar-refractivity contribution in [3.63, 3.8) is 0 Å². The number of benzene rings is 2. The maximum absolute atomic E-state index is 12.5. The van der Waals surface area contributed by atoms with E-state index in [1.807, 2.05) is 29.2 Å². The highest BCUT2D eigenvalue weighted by Crippen LogP contribution is 2.28. The molecule has 0 bridgehead atoms. The number of hydrogen-bond donors (Lipinski definition) is 2. The van der Waals surface area contributed by atoms with Crippen LogP contribution in [0.4, 0.5) is 10.5 Å². The molecule has 2 amide bonds. The molecular formula is C18H16ClN3O. The summed E-state index contributed by atoms with van der Waals surface area (Å²) in [6.07, 6.45) is 0.840. The third-order valence-electron chi connectivity index (χ3n) is 4.25. The number of urea groups is 1. The molecule has 0 atom stereocenters. The van der Waals surface area contributed by atoms with Crippen LogP contribution in [0.2, 0.25) is 5.02 Å². The summed E-state index contributed by atoms with van der Waals surface area (Å²) in [7, 11) is 0. The second-order valence-electron chi connectivity index (χ2n) is 5.74. The van der Waals surface area contributed by atoms with Gasteiger partial charge >= 0.3 is 6.03 Å². The Morgan fingerprint density at radius 3 is 2.91 bits per heavy atom. The minimum Gasteiger partial charge on any atom is -0.358 e. The van der Waals surface area contributed by atoms with Crippen LogP contribution in [-0.4, -0.2) is 22.5 Å². The van der Waals surface area contributed by atoms with Crippen molar-refractivity contribution >= 4 is 34.2 Å². The molecular weight excluding hydrogens is 310 g/mol. The van der Waals surface area contributed by atoms with Crippen molar-refractivity contribution in [3.8, 4) is 0 Å². The van der Waals surface area contributed by atoms with Crippen molar-refractivity contribution in [3.05, 3.63) is 64.8 Å². The Hall–Kier alpha value is -2.46. The highest BCUT2D eigenvalue weighted by Gasteiger charge is 2.23. The van der Waals surface area contributed by atoms with Gasteiger partial charge < -0.3 is 15.2 Å². The highest BCUT2D eigenvalue weighted by molar-refractivity contribution is 6.30.